The molecule has 5 nitrogen and oxygen atoms in total. The van der Waals surface area contributed by atoms with E-state index in [2.05, 4.69) is 31.9 Å². The van der Waals surface area contributed by atoms with E-state index in [0.717, 1.165) is 16.5 Å². The van der Waals surface area contributed by atoms with Crippen LogP contribution in [0.1, 0.15) is 18.9 Å². The molecule has 2 atom stereocenters. The Balaban J connectivity index is 2.02. The summed E-state index contributed by atoms with van der Waals surface area (Å²) in [5.41, 5.74) is 1.72. The Labute approximate surface area is 126 Å². The summed E-state index contributed by atoms with van der Waals surface area (Å²) in [6.45, 7) is 4.58. The number of hydrogen-bond acceptors (Lipinski definition) is 2. The molecule has 108 valence electrons. The van der Waals surface area contributed by atoms with E-state index in [1.54, 1.807) is 6.07 Å². The standard InChI is InChI=1S/C14H18BrN3O2/c1-8-4-3-5-10(11(8)15)17-14(20)18-12-9(2)6-7-16-13(12)19/h3-5,9,12H,6-7H2,1-2H3,(H,16,19)(H2,17,18,20)/t9-,12-/m0/s1. The average molecular weight is 340 g/mol. The lowest BCUT2D eigenvalue weighted by Gasteiger charge is -2.29. The van der Waals surface area contributed by atoms with Crippen molar-refractivity contribution in [2.75, 3.05) is 11.9 Å². The van der Waals surface area contributed by atoms with E-state index in [0.29, 0.717) is 12.2 Å². The fourth-order valence-corrected chi connectivity index (χ4v) is 2.57. The number of hydrogen-bond donors (Lipinski definition) is 3. The maximum absolute atomic E-state index is 12.0. The van der Waals surface area contributed by atoms with Crippen molar-refractivity contribution >= 4 is 33.6 Å². The first-order chi connectivity index (χ1) is 9.49. The van der Waals surface area contributed by atoms with E-state index < -0.39 is 6.04 Å². The van der Waals surface area contributed by atoms with Crippen molar-refractivity contribution < 1.29 is 9.59 Å². The van der Waals surface area contributed by atoms with Crippen LogP contribution in [0, 0.1) is 12.8 Å². The van der Waals surface area contributed by atoms with Crippen LogP contribution in [-0.2, 0) is 4.79 Å². The number of piperidine rings is 1. The molecule has 0 unspecified atom stereocenters. The van der Waals surface area contributed by atoms with E-state index >= 15 is 0 Å². The van der Waals surface area contributed by atoms with Crippen LogP contribution in [0.15, 0.2) is 22.7 Å². The van der Waals surface area contributed by atoms with Crippen LogP contribution in [0.3, 0.4) is 0 Å². The molecular weight excluding hydrogens is 322 g/mol. The van der Waals surface area contributed by atoms with Gasteiger partial charge in [-0.1, -0.05) is 19.1 Å². The summed E-state index contributed by atoms with van der Waals surface area (Å²) in [6.07, 6.45) is 0.866. The number of urea groups is 1. The predicted molar refractivity (Wildman–Crippen MR) is 81.6 cm³/mol. The summed E-state index contributed by atoms with van der Waals surface area (Å²) in [5, 5.41) is 8.25. The molecule has 1 aromatic rings. The maximum Gasteiger partial charge on any atom is 0.319 e. The molecule has 2 rings (SSSR count). The summed E-state index contributed by atoms with van der Waals surface area (Å²) < 4.78 is 0.844. The number of carbonyl (C=O) groups excluding carboxylic acids is 2. The molecule has 1 aromatic carbocycles. The zero-order chi connectivity index (χ0) is 14.7. The number of carbonyl (C=O) groups is 2. The molecule has 3 N–H and O–H groups in total. The fourth-order valence-electron chi connectivity index (χ4n) is 2.21. The Bertz CT molecular complexity index is 533. The minimum atomic E-state index is -0.479. The van der Waals surface area contributed by atoms with Gasteiger partial charge in [0.05, 0.1) is 5.69 Å². The number of amides is 3. The lowest BCUT2D eigenvalue weighted by molar-refractivity contribution is -0.125. The molecule has 6 heteroatoms. The van der Waals surface area contributed by atoms with Gasteiger partial charge in [-0.05, 0) is 46.8 Å². The molecule has 0 aliphatic carbocycles. The van der Waals surface area contributed by atoms with Crippen molar-refractivity contribution in [3.63, 3.8) is 0 Å². The van der Waals surface area contributed by atoms with Gasteiger partial charge in [0.2, 0.25) is 5.91 Å². The number of rotatable bonds is 2. The van der Waals surface area contributed by atoms with Gasteiger partial charge in [-0.25, -0.2) is 4.79 Å². The van der Waals surface area contributed by atoms with E-state index in [4.69, 9.17) is 0 Å². The van der Waals surface area contributed by atoms with E-state index in [1.807, 2.05) is 26.0 Å². The molecule has 3 amide bonds. The smallest absolute Gasteiger partial charge is 0.319 e. The second kappa shape index (κ2) is 6.26. The molecule has 0 radical (unpaired) electrons. The van der Waals surface area contributed by atoms with Crippen LogP contribution in [0.25, 0.3) is 0 Å². The number of anilines is 1. The van der Waals surface area contributed by atoms with E-state index in [-0.39, 0.29) is 17.9 Å². The van der Waals surface area contributed by atoms with Gasteiger partial charge in [-0.2, -0.15) is 0 Å². The van der Waals surface area contributed by atoms with Crippen LogP contribution in [0.2, 0.25) is 0 Å². The van der Waals surface area contributed by atoms with Crippen molar-refractivity contribution in [2.24, 2.45) is 5.92 Å². The quantitative estimate of drug-likeness (QED) is 0.774. The van der Waals surface area contributed by atoms with Crippen molar-refractivity contribution in [1.82, 2.24) is 10.6 Å². The first-order valence-electron chi connectivity index (χ1n) is 6.59. The lowest BCUT2D eigenvalue weighted by Crippen LogP contribution is -2.55. The molecule has 0 aromatic heterocycles. The summed E-state index contributed by atoms with van der Waals surface area (Å²) in [5.74, 6) is 0.0117. The summed E-state index contributed by atoms with van der Waals surface area (Å²) in [7, 11) is 0. The molecule has 1 aliphatic rings. The molecule has 20 heavy (non-hydrogen) atoms. The first-order valence-corrected chi connectivity index (χ1v) is 7.38. The van der Waals surface area contributed by atoms with Crippen LogP contribution in [0.4, 0.5) is 10.5 Å². The Morgan fingerprint density at radius 2 is 2.20 bits per heavy atom. The van der Waals surface area contributed by atoms with Gasteiger partial charge in [0.1, 0.15) is 6.04 Å². The third-order valence-electron chi connectivity index (χ3n) is 3.48. The highest BCUT2D eigenvalue weighted by Gasteiger charge is 2.30. The average Bonchev–Trinajstić information content (AvgIpc) is 2.39. The Hall–Kier alpha value is -1.56. The monoisotopic (exact) mass is 339 g/mol. The second-order valence-corrected chi connectivity index (χ2v) is 5.86. The van der Waals surface area contributed by atoms with E-state index in [1.165, 1.54) is 0 Å². The Kier molecular flexibility index (Phi) is 4.65. The number of aryl methyl sites for hydroxylation is 1. The summed E-state index contributed by atoms with van der Waals surface area (Å²) in [4.78, 5) is 23.8. The largest absolute Gasteiger partial charge is 0.354 e. The van der Waals surface area contributed by atoms with Crippen LogP contribution >= 0.6 is 15.9 Å². The number of benzene rings is 1. The van der Waals surface area contributed by atoms with Crippen LogP contribution in [0.5, 0.6) is 0 Å². The third-order valence-corrected chi connectivity index (χ3v) is 4.53. The minimum Gasteiger partial charge on any atom is -0.354 e. The fraction of sp³-hybridized carbons (Fsp3) is 0.429. The summed E-state index contributed by atoms with van der Waals surface area (Å²) >= 11 is 3.44. The number of nitrogens with one attached hydrogen (secondary N) is 3. The first kappa shape index (κ1) is 14.8. The van der Waals surface area contributed by atoms with Gasteiger partial charge >= 0.3 is 6.03 Å². The molecule has 0 bridgehead atoms. The molecule has 1 heterocycles. The minimum absolute atomic E-state index is 0.123. The van der Waals surface area contributed by atoms with Crippen LogP contribution in [-0.4, -0.2) is 24.5 Å². The van der Waals surface area contributed by atoms with Gasteiger partial charge in [0, 0.05) is 11.0 Å². The van der Waals surface area contributed by atoms with Gasteiger partial charge < -0.3 is 16.0 Å². The van der Waals surface area contributed by atoms with Gasteiger partial charge in [0.15, 0.2) is 0 Å². The number of halogens is 1. The van der Waals surface area contributed by atoms with Gasteiger partial charge in [-0.15, -0.1) is 0 Å². The maximum atomic E-state index is 12.0. The summed E-state index contributed by atoms with van der Waals surface area (Å²) in [6, 6.07) is 4.77. The van der Waals surface area contributed by atoms with Gasteiger partial charge in [0.25, 0.3) is 0 Å². The highest BCUT2D eigenvalue weighted by Crippen LogP contribution is 2.25. The Morgan fingerprint density at radius 3 is 2.90 bits per heavy atom. The second-order valence-electron chi connectivity index (χ2n) is 5.07. The Morgan fingerprint density at radius 1 is 1.45 bits per heavy atom. The van der Waals surface area contributed by atoms with Gasteiger partial charge in [-0.3, -0.25) is 4.79 Å². The molecule has 1 aliphatic heterocycles. The van der Waals surface area contributed by atoms with Crippen molar-refractivity contribution in [1.29, 1.82) is 0 Å². The lowest BCUT2D eigenvalue weighted by atomic mass is 9.94. The van der Waals surface area contributed by atoms with Crippen molar-refractivity contribution in [3.05, 3.63) is 28.2 Å². The normalized spacial score (nSPS) is 22.1. The van der Waals surface area contributed by atoms with Crippen molar-refractivity contribution in [3.8, 4) is 0 Å². The topological polar surface area (TPSA) is 70.2 Å². The highest BCUT2D eigenvalue weighted by atomic mass is 79.9. The molecule has 0 spiro atoms. The third kappa shape index (κ3) is 3.30. The highest BCUT2D eigenvalue weighted by molar-refractivity contribution is 9.10. The predicted octanol–water partition coefficient (Wildman–Crippen LogP) is 2.40. The molecule has 1 fully saturated rings. The molecular formula is C14H18BrN3O2. The molecule has 0 saturated carbocycles. The zero-order valence-corrected chi connectivity index (χ0v) is 13.1. The van der Waals surface area contributed by atoms with Crippen LogP contribution < -0.4 is 16.0 Å². The van der Waals surface area contributed by atoms with Crippen molar-refractivity contribution in [2.45, 2.75) is 26.3 Å². The SMILES string of the molecule is Cc1cccc(NC(=O)N[C@@H]2C(=O)NCC[C@@H]2C)c1Br. The zero-order valence-electron chi connectivity index (χ0n) is 11.5. The van der Waals surface area contributed by atoms with E-state index in [9.17, 15) is 9.59 Å². The molecule has 1 saturated heterocycles.